The van der Waals surface area contributed by atoms with Crippen LogP contribution in [0.3, 0.4) is 0 Å². The Balaban J connectivity index is 2.07. The summed E-state index contributed by atoms with van der Waals surface area (Å²) in [7, 11) is 0. The average Bonchev–Trinajstić information content (AvgIpc) is 2.57. The van der Waals surface area contributed by atoms with Crippen molar-refractivity contribution in [1.82, 2.24) is 0 Å². The zero-order valence-corrected chi connectivity index (χ0v) is 14.2. The Labute approximate surface area is 140 Å². The zero-order chi connectivity index (χ0) is 16.8. The third kappa shape index (κ3) is 9.24. The molecule has 0 heterocycles. The van der Waals surface area contributed by atoms with Gasteiger partial charge in [0.25, 0.3) is 0 Å². The predicted octanol–water partition coefficient (Wildman–Crippen LogP) is 5.13. The average molecular weight is 321 g/mol. The minimum atomic E-state index is -0.486. The van der Waals surface area contributed by atoms with Crippen molar-refractivity contribution in [3.8, 4) is 5.75 Å². The van der Waals surface area contributed by atoms with Gasteiger partial charge in [0.1, 0.15) is 5.75 Å². The summed E-state index contributed by atoms with van der Waals surface area (Å²) in [5.41, 5.74) is 0.432. The van der Waals surface area contributed by atoms with Crippen LogP contribution in [-0.4, -0.2) is 19.2 Å². The van der Waals surface area contributed by atoms with Crippen molar-refractivity contribution in [2.24, 2.45) is 0 Å². The predicted molar refractivity (Wildman–Crippen MR) is 91.3 cm³/mol. The molecule has 0 saturated heterocycles. The standard InChI is InChI=1S/C19H29O4/c1-3-5-6-7-8-9-10-11-15-22-23-19(20)17-13-12-14-18(16-17)21-4-2/h12-14,16H,1,3-11,15H2,2H3. The zero-order valence-electron chi connectivity index (χ0n) is 14.2. The lowest BCUT2D eigenvalue weighted by molar-refractivity contribution is -0.241. The highest BCUT2D eigenvalue weighted by Crippen LogP contribution is 2.14. The van der Waals surface area contributed by atoms with E-state index in [4.69, 9.17) is 14.5 Å². The van der Waals surface area contributed by atoms with Gasteiger partial charge in [-0.2, -0.15) is 4.89 Å². The fourth-order valence-electron chi connectivity index (χ4n) is 2.24. The number of ether oxygens (including phenoxy) is 1. The summed E-state index contributed by atoms with van der Waals surface area (Å²) in [6, 6.07) is 6.90. The number of hydrogen-bond donors (Lipinski definition) is 0. The second kappa shape index (κ2) is 12.9. The summed E-state index contributed by atoms with van der Waals surface area (Å²) in [6.07, 6.45) is 9.27. The number of benzene rings is 1. The first-order valence-electron chi connectivity index (χ1n) is 8.63. The fourth-order valence-corrected chi connectivity index (χ4v) is 2.24. The molecule has 0 atom stereocenters. The Hall–Kier alpha value is -1.55. The van der Waals surface area contributed by atoms with Crippen LogP contribution in [0.1, 0.15) is 68.6 Å². The Bertz CT molecular complexity index is 431. The highest BCUT2D eigenvalue weighted by molar-refractivity contribution is 5.89. The van der Waals surface area contributed by atoms with Gasteiger partial charge in [-0.05, 0) is 31.5 Å². The van der Waals surface area contributed by atoms with Gasteiger partial charge in [0.2, 0.25) is 0 Å². The van der Waals surface area contributed by atoms with Crippen molar-refractivity contribution in [2.45, 2.75) is 58.3 Å². The van der Waals surface area contributed by atoms with Gasteiger partial charge in [0.05, 0.1) is 18.8 Å². The molecule has 0 aromatic heterocycles. The van der Waals surface area contributed by atoms with E-state index in [9.17, 15) is 4.79 Å². The molecule has 0 N–H and O–H groups in total. The Morgan fingerprint density at radius 1 is 1.04 bits per heavy atom. The van der Waals surface area contributed by atoms with Gasteiger partial charge >= 0.3 is 5.97 Å². The van der Waals surface area contributed by atoms with E-state index < -0.39 is 5.97 Å². The Kier molecular flexibility index (Phi) is 11.0. The molecule has 0 spiro atoms. The van der Waals surface area contributed by atoms with Gasteiger partial charge < -0.3 is 4.74 Å². The van der Waals surface area contributed by atoms with Crippen molar-refractivity contribution in [3.05, 3.63) is 36.8 Å². The topological polar surface area (TPSA) is 44.8 Å². The lowest BCUT2D eigenvalue weighted by Gasteiger charge is -2.06. The lowest BCUT2D eigenvalue weighted by atomic mass is 10.1. The summed E-state index contributed by atoms with van der Waals surface area (Å²) in [4.78, 5) is 21.6. The molecule has 1 aromatic rings. The molecule has 1 aromatic carbocycles. The van der Waals surface area contributed by atoms with E-state index in [1.807, 2.05) is 6.92 Å². The van der Waals surface area contributed by atoms with Crippen molar-refractivity contribution in [2.75, 3.05) is 13.2 Å². The molecule has 4 heteroatoms. The largest absolute Gasteiger partial charge is 0.494 e. The van der Waals surface area contributed by atoms with Crippen molar-refractivity contribution >= 4 is 5.97 Å². The van der Waals surface area contributed by atoms with Crippen molar-refractivity contribution in [3.63, 3.8) is 0 Å². The molecule has 1 rings (SSSR count). The van der Waals surface area contributed by atoms with Crippen LogP contribution in [0.15, 0.2) is 24.3 Å². The first-order chi connectivity index (χ1) is 11.3. The Morgan fingerprint density at radius 3 is 2.43 bits per heavy atom. The molecule has 0 amide bonds. The third-order valence-corrected chi connectivity index (χ3v) is 3.49. The van der Waals surface area contributed by atoms with Crippen LogP contribution in [0.2, 0.25) is 0 Å². The molecule has 23 heavy (non-hydrogen) atoms. The molecule has 0 aliphatic carbocycles. The van der Waals surface area contributed by atoms with Gasteiger partial charge in [0.15, 0.2) is 0 Å². The van der Waals surface area contributed by atoms with E-state index >= 15 is 0 Å². The minimum Gasteiger partial charge on any atom is -0.494 e. The quantitative estimate of drug-likeness (QED) is 0.287. The van der Waals surface area contributed by atoms with Crippen LogP contribution < -0.4 is 4.74 Å². The summed E-state index contributed by atoms with van der Waals surface area (Å²) >= 11 is 0. The molecule has 1 radical (unpaired) electrons. The Morgan fingerprint density at radius 2 is 1.74 bits per heavy atom. The first-order valence-corrected chi connectivity index (χ1v) is 8.63. The summed E-state index contributed by atoms with van der Waals surface area (Å²) in [6.45, 7) is 6.74. The van der Waals surface area contributed by atoms with Crippen LogP contribution in [0.4, 0.5) is 0 Å². The van der Waals surface area contributed by atoms with Gasteiger partial charge in [-0.15, -0.1) is 0 Å². The SMILES string of the molecule is [CH2]CCCCCCCCCOOC(=O)c1cccc(OCC)c1. The maximum absolute atomic E-state index is 11.8. The highest BCUT2D eigenvalue weighted by Gasteiger charge is 2.09. The van der Waals surface area contributed by atoms with E-state index in [1.165, 1.54) is 32.1 Å². The van der Waals surface area contributed by atoms with Gasteiger partial charge in [-0.1, -0.05) is 57.9 Å². The smallest absolute Gasteiger partial charge is 0.373 e. The number of unbranched alkanes of at least 4 members (excludes halogenated alkanes) is 7. The molecule has 4 nitrogen and oxygen atoms in total. The normalized spacial score (nSPS) is 10.5. The number of carbonyl (C=O) groups excluding carboxylic acids is 1. The van der Waals surface area contributed by atoms with E-state index in [0.29, 0.717) is 24.5 Å². The molecule has 0 unspecified atom stereocenters. The minimum absolute atomic E-state index is 0.432. The van der Waals surface area contributed by atoms with Gasteiger partial charge in [-0.3, -0.25) is 4.89 Å². The molecule has 0 bridgehead atoms. The van der Waals surface area contributed by atoms with Crippen LogP contribution in [0.5, 0.6) is 5.75 Å². The van der Waals surface area contributed by atoms with Crippen molar-refractivity contribution in [1.29, 1.82) is 0 Å². The third-order valence-electron chi connectivity index (χ3n) is 3.49. The summed E-state index contributed by atoms with van der Waals surface area (Å²) in [5, 5.41) is 0. The summed E-state index contributed by atoms with van der Waals surface area (Å²) < 4.78 is 5.35. The molecule has 0 saturated carbocycles. The molecule has 0 fully saturated rings. The maximum atomic E-state index is 11.8. The number of rotatable bonds is 13. The van der Waals surface area contributed by atoms with E-state index in [2.05, 4.69) is 6.92 Å². The monoisotopic (exact) mass is 321 g/mol. The van der Waals surface area contributed by atoms with Crippen LogP contribution in [0, 0.1) is 6.92 Å². The summed E-state index contributed by atoms with van der Waals surface area (Å²) in [5.74, 6) is 0.167. The van der Waals surface area contributed by atoms with Crippen molar-refractivity contribution < 1.29 is 19.3 Å². The second-order valence-corrected chi connectivity index (χ2v) is 5.48. The first kappa shape index (κ1) is 19.5. The molecular weight excluding hydrogens is 292 g/mol. The van der Waals surface area contributed by atoms with E-state index in [1.54, 1.807) is 24.3 Å². The second-order valence-electron chi connectivity index (χ2n) is 5.48. The maximum Gasteiger partial charge on any atom is 0.373 e. The van der Waals surface area contributed by atoms with E-state index in [-0.39, 0.29) is 0 Å². The van der Waals surface area contributed by atoms with E-state index in [0.717, 1.165) is 19.3 Å². The molecule has 129 valence electrons. The van der Waals surface area contributed by atoms with Gasteiger partial charge in [0, 0.05) is 0 Å². The lowest BCUT2D eigenvalue weighted by Crippen LogP contribution is -2.07. The number of hydrogen-bond acceptors (Lipinski definition) is 4. The molecule has 0 aliphatic rings. The van der Waals surface area contributed by atoms with Crippen LogP contribution in [-0.2, 0) is 9.78 Å². The molecular formula is C19H29O4. The van der Waals surface area contributed by atoms with Crippen LogP contribution >= 0.6 is 0 Å². The van der Waals surface area contributed by atoms with Crippen LogP contribution in [0.25, 0.3) is 0 Å². The molecule has 0 aliphatic heterocycles. The highest BCUT2D eigenvalue weighted by atomic mass is 17.2. The van der Waals surface area contributed by atoms with Gasteiger partial charge in [-0.25, -0.2) is 4.79 Å². The fraction of sp³-hybridized carbons (Fsp3) is 0.579. The number of carbonyl (C=O) groups is 1.